The number of aryl methyl sites for hydroxylation is 2. The Labute approximate surface area is 237 Å². The van der Waals surface area contributed by atoms with Gasteiger partial charge in [0.05, 0.1) is 35.3 Å². The van der Waals surface area contributed by atoms with Crippen molar-refractivity contribution in [1.82, 2.24) is 14.5 Å². The summed E-state index contributed by atoms with van der Waals surface area (Å²) in [5.41, 5.74) is 2.83. The van der Waals surface area contributed by atoms with Crippen molar-refractivity contribution in [3.63, 3.8) is 0 Å². The maximum absolute atomic E-state index is 13.3. The molecular formula is C30H35N5O4S. The molecule has 9 nitrogen and oxygen atoms in total. The molecule has 4 aromatic rings. The quantitative estimate of drug-likeness (QED) is 0.289. The van der Waals surface area contributed by atoms with Crippen molar-refractivity contribution < 1.29 is 14.0 Å². The molecule has 0 atom stereocenters. The molecule has 4 heterocycles. The molecule has 210 valence electrons. The second-order valence-electron chi connectivity index (χ2n) is 10.8. The van der Waals surface area contributed by atoms with Crippen LogP contribution < -0.4 is 15.4 Å². The summed E-state index contributed by atoms with van der Waals surface area (Å²) >= 11 is 1.68. The van der Waals surface area contributed by atoms with Crippen molar-refractivity contribution in [2.45, 2.75) is 54.3 Å². The average molecular weight is 562 g/mol. The normalized spacial score (nSPS) is 15.3. The van der Waals surface area contributed by atoms with Crippen LogP contribution in [0.2, 0.25) is 0 Å². The average Bonchev–Trinajstić information content (AvgIpc) is 3.53. The molecular weight excluding hydrogens is 526 g/mol. The van der Waals surface area contributed by atoms with Gasteiger partial charge in [0, 0.05) is 44.3 Å². The lowest BCUT2D eigenvalue weighted by atomic mass is 9.90. The van der Waals surface area contributed by atoms with Crippen LogP contribution in [0.15, 0.2) is 52.0 Å². The zero-order chi connectivity index (χ0) is 28.8. The highest BCUT2D eigenvalue weighted by Gasteiger charge is 2.45. The number of rotatable bonds is 8. The number of carbonyl (C=O) groups excluding carboxylic acids is 2. The Kier molecular flexibility index (Phi) is 7.41. The van der Waals surface area contributed by atoms with E-state index in [1.165, 1.54) is 11.1 Å². The van der Waals surface area contributed by atoms with Gasteiger partial charge >= 0.3 is 0 Å². The maximum Gasteiger partial charge on any atom is 0.261 e. The van der Waals surface area contributed by atoms with Crippen LogP contribution in [0.1, 0.15) is 41.9 Å². The number of benzene rings is 1. The van der Waals surface area contributed by atoms with E-state index in [9.17, 15) is 14.4 Å². The maximum atomic E-state index is 13.3. The molecule has 0 N–H and O–H groups in total. The number of aromatic nitrogens is 2. The SMILES string of the molecule is CCN1C(=O)C(C)(C)C(=O)N(C)c2cc(CN(CCn3ccc4occc4c3=O)Cc3nc(C)c(C)s3)ccc21. The van der Waals surface area contributed by atoms with Crippen molar-refractivity contribution in [1.29, 1.82) is 0 Å². The minimum Gasteiger partial charge on any atom is -0.464 e. The van der Waals surface area contributed by atoms with E-state index in [1.54, 1.807) is 58.9 Å². The minimum absolute atomic E-state index is 0.0794. The van der Waals surface area contributed by atoms with Crippen molar-refractivity contribution >= 4 is 45.5 Å². The van der Waals surface area contributed by atoms with Crippen molar-refractivity contribution in [3.8, 4) is 0 Å². The third kappa shape index (κ3) is 4.97. The number of pyridine rings is 1. The molecule has 2 amide bonds. The van der Waals surface area contributed by atoms with Crippen LogP contribution in [0.4, 0.5) is 11.4 Å². The first-order valence-electron chi connectivity index (χ1n) is 13.5. The van der Waals surface area contributed by atoms with E-state index in [1.807, 2.05) is 38.1 Å². The monoisotopic (exact) mass is 561 g/mol. The van der Waals surface area contributed by atoms with Gasteiger partial charge in [0.2, 0.25) is 11.8 Å². The number of anilines is 2. The third-order valence-electron chi connectivity index (χ3n) is 7.71. The summed E-state index contributed by atoms with van der Waals surface area (Å²) < 4.78 is 7.08. The molecule has 0 saturated carbocycles. The highest BCUT2D eigenvalue weighted by atomic mass is 32.1. The summed E-state index contributed by atoms with van der Waals surface area (Å²) in [5.74, 6) is -0.430. The second-order valence-corrected chi connectivity index (χ2v) is 12.1. The Bertz CT molecular complexity index is 1630. The van der Waals surface area contributed by atoms with Crippen LogP contribution in [-0.2, 0) is 29.2 Å². The van der Waals surface area contributed by atoms with E-state index in [2.05, 4.69) is 11.8 Å². The van der Waals surface area contributed by atoms with Gasteiger partial charge in [0.25, 0.3) is 5.56 Å². The highest BCUT2D eigenvalue weighted by molar-refractivity contribution is 7.11. The third-order valence-corrected chi connectivity index (χ3v) is 8.77. The summed E-state index contributed by atoms with van der Waals surface area (Å²) in [5, 5.41) is 1.58. The highest BCUT2D eigenvalue weighted by Crippen LogP contribution is 2.39. The number of thiazole rings is 1. The van der Waals surface area contributed by atoms with Gasteiger partial charge in [-0.2, -0.15) is 0 Å². The van der Waals surface area contributed by atoms with E-state index in [4.69, 9.17) is 9.40 Å². The van der Waals surface area contributed by atoms with E-state index < -0.39 is 5.41 Å². The number of furan rings is 1. The first-order valence-corrected chi connectivity index (χ1v) is 14.3. The predicted molar refractivity (Wildman–Crippen MR) is 158 cm³/mol. The van der Waals surface area contributed by atoms with Crippen LogP contribution in [0.25, 0.3) is 11.0 Å². The Hall–Kier alpha value is -3.76. The smallest absolute Gasteiger partial charge is 0.261 e. The number of hydrogen-bond acceptors (Lipinski definition) is 7. The number of hydrogen-bond donors (Lipinski definition) is 0. The van der Waals surface area contributed by atoms with Crippen LogP contribution >= 0.6 is 11.3 Å². The fourth-order valence-electron chi connectivity index (χ4n) is 5.25. The fourth-order valence-corrected chi connectivity index (χ4v) is 6.22. The zero-order valence-corrected chi connectivity index (χ0v) is 24.7. The van der Waals surface area contributed by atoms with E-state index >= 15 is 0 Å². The van der Waals surface area contributed by atoms with Crippen LogP contribution in [0.5, 0.6) is 0 Å². The van der Waals surface area contributed by atoms with Gasteiger partial charge in [0.1, 0.15) is 16.0 Å². The van der Waals surface area contributed by atoms with Crippen LogP contribution in [-0.4, -0.2) is 46.4 Å². The number of amides is 2. The van der Waals surface area contributed by atoms with Crippen molar-refractivity contribution in [2.24, 2.45) is 5.41 Å². The van der Waals surface area contributed by atoms with E-state index in [-0.39, 0.29) is 17.4 Å². The molecule has 0 aliphatic carbocycles. The van der Waals surface area contributed by atoms with Crippen molar-refractivity contribution in [2.75, 3.05) is 29.9 Å². The van der Waals surface area contributed by atoms with Crippen LogP contribution in [0, 0.1) is 19.3 Å². The van der Waals surface area contributed by atoms with Gasteiger partial charge in [-0.1, -0.05) is 6.07 Å². The molecule has 10 heteroatoms. The minimum atomic E-state index is -1.15. The molecule has 0 fully saturated rings. The Morgan fingerprint density at radius 3 is 2.50 bits per heavy atom. The number of fused-ring (bicyclic) bond motifs is 2. The van der Waals surface area contributed by atoms with E-state index in [0.717, 1.165) is 22.0 Å². The molecule has 0 saturated heterocycles. The van der Waals surface area contributed by atoms with Gasteiger partial charge in [-0.25, -0.2) is 4.98 Å². The second kappa shape index (κ2) is 10.7. The fraction of sp³-hybridized carbons (Fsp3) is 0.400. The Morgan fingerprint density at radius 1 is 1.02 bits per heavy atom. The first-order chi connectivity index (χ1) is 19.0. The molecule has 3 aromatic heterocycles. The molecule has 0 bridgehead atoms. The molecule has 5 rings (SSSR count). The zero-order valence-electron chi connectivity index (χ0n) is 23.9. The summed E-state index contributed by atoms with van der Waals surface area (Å²) in [6.07, 6.45) is 3.30. The molecule has 1 aromatic carbocycles. The van der Waals surface area contributed by atoms with E-state index in [0.29, 0.717) is 49.4 Å². The summed E-state index contributed by atoms with van der Waals surface area (Å²) in [6.45, 7) is 12.2. The summed E-state index contributed by atoms with van der Waals surface area (Å²) in [6, 6.07) is 9.47. The predicted octanol–water partition coefficient (Wildman–Crippen LogP) is 4.73. The molecule has 0 unspecified atom stereocenters. The number of nitrogens with zero attached hydrogens (tertiary/aromatic N) is 5. The van der Waals surface area contributed by atoms with Gasteiger partial charge in [-0.3, -0.25) is 19.3 Å². The summed E-state index contributed by atoms with van der Waals surface area (Å²) in [4.78, 5) is 51.0. The van der Waals surface area contributed by atoms with Crippen LogP contribution in [0.3, 0.4) is 0 Å². The standard InChI is InChI=1S/C30H35N5O4S/c1-7-35-23-9-8-21(16-24(23)32(6)28(37)30(4,5)29(35)38)17-33(18-26-31-19(2)20(3)40-26)13-14-34-12-10-25-22(27(34)36)11-15-39-25/h8-12,15-16H,7,13-14,17-18H2,1-6H3. The Morgan fingerprint density at radius 2 is 1.80 bits per heavy atom. The largest absolute Gasteiger partial charge is 0.464 e. The lowest BCUT2D eigenvalue weighted by Gasteiger charge is -2.27. The molecule has 0 spiro atoms. The van der Waals surface area contributed by atoms with Gasteiger partial charge in [-0.15, -0.1) is 11.3 Å². The van der Waals surface area contributed by atoms with Gasteiger partial charge in [-0.05, 0) is 64.4 Å². The topological polar surface area (TPSA) is 91.9 Å². The lowest BCUT2D eigenvalue weighted by molar-refractivity contribution is -0.137. The molecule has 0 radical (unpaired) electrons. The van der Waals surface area contributed by atoms with Gasteiger partial charge in [0.15, 0.2) is 0 Å². The number of carbonyl (C=O) groups is 2. The lowest BCUT2D eigenvalue weighted by Crippen LogP contribution is -2.47. The summed E-state index contributed by atoms with van der Waals surface area (Å²) in [7, 11) is 1.73. The Balaban J connectivity index is 1.45. The molecule has 1 aliphatic rings. The molecule has 1 aliphatic heterocycles. The van der Waals surface area contributed by atoms with Gasteiger partial charge < -0.3 is 18.8 Å². The molecule has 40 heavy (non-hydrogen) atoms. The van der Waals surface area contributed by atoms with Crippen molar-refractivity contribution in [3.05, 3.63) is 74.3 Å². The first kappa shape index (κ1) is 27.8.